The van der Waals surface area contributed by atoms with Crippen molar-refractivity contribution in [1.29, 1.82) is 0 Å². The third-order valence-electron chi connectivity index (χ3n) is 2.74. The highest BCUT2D eigenvalue weighted by Crippen LogP contribution is 2.07. The van der Waals surface area contributed by atoms with E-state index in [9.17, 15) is 0 Å². The summed E-state index contributed by atoms with van der Waals surface area (Å²) in [5.41, 5.74) is 0. The molecule has 0 aromatic heterocycles. The van der Waals surface area contributed by atoms with Crippen molar-refractivity contribution < 1.29 is 0 Å². The van der Waals surface area contributed by atoms with Gasteiger partial charge in [0.2, 0.25) is 0 Å². The van der Waals surface area contributed by atoms with E-state index in [1.54, 1.807) is 0 Å². The number of thioether (sulfide) groups is 1. The van der Waals surface area contributed by atoms with Gasteiger partial charge in [0, 0.05) is 0 Å². The standard InChI is InChI=1S/C11H24N2S/c1-12-6-3-7-13(2)9-5-11-14-10-4-8-12/h3-11H2,1-2H3. The van der Waals surface area contributed by atoms with E-state index in [4.69, 9.17) is 0 Å². The highest BCUT2D eigenvalue weighted by molar-refractivity contribution is 7.99. The van der Waals surface area contributed by atoms with E-state index in [1.165, 1.54) is 56.9 Å². The monoisotopic (exact) mass is 216 g/mol. The van der Waals surface area contributed by atoms with Crippen molar-refractivity contribution in [1.82, 2.24) is 9.80 Å². The summed E-state index contributed by atoms with van der Waals surface area (Å²) in [4.78, 5) is 4.94. The fraction of sp³-hybridized carbons (Fsp3) is 1.00. The summed E-state index contributed by atoms with van der Waals surface area (Å²) < 4.78 is 0. The second-order valence-electron chi connectivity index (χ2n) is 4.28. The molecule has 14 heavy (non-hydrogen) atoms. The predicted octanol–water partition coefficient (Wildman–Crippen LogP) is 1.77. The van der Waals surface area contributed by atoms with Gasteiger partial charge >= 0.3 is 0 Å². The van der Waals surface area contributed by atoms with Crippen LogP contribution < -0.4 is 0 Å². The van der Waals surface area contributed by atoms with Crippen molar-refractivity contribution >= 4 is 11.8 Å². The Labute approximate surface area is 93.0 Å². The molecule has 0 spiro atoms. The van der Waals surface area contributed by atoms with Crippen LogP contribution in [0.2, 0.25) is 0 Å². The number of hydrogen-bond acceptors (Lipinski definition) is 3. The minimum Gasteiger partial charge on any atom is -0.306 e. The van der Waals surface area contributed by atoms with Gasteiger partial charge in [-0.2, -0.15) is 11.8 Å². The molecule has 0 N–H and O–H groups in total. The lowest BCUT2D eigenvalue weighted by molar-refractivity contribution is 0.279. The minimum absolute atomic E-state index is 1.26. The first-order valence-corrected chi connectivity index (χ1v) is 6.89. The highest BCUT2D eigenvalue weighted by atomic mass is 32.2. The molecule has 1 rings (SSSR count). The summed E-state index contributed by atoms with van der Waals surface area (Å²) in [5.74, 6) is 2.68. The highest BCUT2D eigenvalue weighted by Gasteiger charge is 2.03. The van der Waals surface area contributed by atoms with E-state index < -0.39 is 0 Å². The predicted molar refractivity (Wildman–Crippen MR) is 66.2 cm³/mol. The second kappa shape index (κ2) is 7.55. The van der Waals surface area contributed by atoms with E-state index in [2.05, 4.69) is 35.7 Å². The molecule has 0 atom stereocenters. The van der Waals surface area contributed by atoms with Gasteiger partial charge in [-0.25, -0.2) is 0 Å². The Morgan fingerprint density at radius 3 is 1.64 bits per heavy atom. The SMILES string of the molecule is CN1CCCSCCCN(C)CCC1. The largest absolute Gasteiger partial charge is 0.306 e. The summed E-state index contributed by atoms with van der Waals surface area (Å²) in [5, 5.41) is 0. The van der Waals surface area contributed by atoms with Crippen molar-refractivity contribution in [3.63, 3.8) is 0 Å². The van der Waals surface area contributed by atoms with Gasteiger partial charge in [-0.05, 0) is 71.0 Å². The summed E-state index contributed by atoms with van der Waals surface area (Å²) >= 11 is 2.12. The molecule has 1 fully saturated rings. The molecule has 0 bridgehead atoms. The molecule has 84 valence electrons. The summed E-state index contributed by atoms with van der Waals surface area (Å²) in [7, 11) is 4.49. The zero-order valence-corrected chi connectivity index (χ0v) is 10.5. The lowest BCUT2D eigenvalue weighted by Gasteiger charge is -2.21. The molecule has 1 aliphatic heterocycles. The third-order valence-corrected chi connectivity index (χ3v) is 3.89. The van der Waals surface area contributed by atoms with Crippen molar-refractivity contribution in [3.8, 4) is 0 Å². The van der Waals surface area contributed by atoms with Crippen LogP contribution in [0.3, 0.4) is 0 Å². The normalized spacial score (nSPS) is 25.3. The molecule has 0 radical (unpaired) electrons. The Morgan fingerprint density at radius 2 is 1.14 bits per heavy atom. The van der Waals surface area contributed by atoms with Gasteiger partial charge in [0.1, 0.15) is 0 Å². The third kappa shape index (κ3) is 5.89. The van der Waals surface area contributed by atoms with Gasteiger partial charge in [0.15, 0.2) is 0 Å². The molecule has 3 heteroatoms. The summed E-state index contributed by atoms with van der Waals surface area (Å²) in [6.07, 6.45) is 4.04. The molecular formula is C11H24N2S. The Hall–Kier alpha value is 0.270. The first kappa shape index (κ1) is 12.3. The fourth-order valence-corrected chi connectivity index (χ4v) is 2.68. The smallest absolute Gasteiger partial charge is 0.000959 e. The van der Waals surface area contributed by atoms with Crippen LogP contribution >= 0.6 is 11.8 Å². The first-order valence-electron chi connectivity index (χ1n) is 5.74. The minimum atomic E-state index is 1.26. The van der Waals surface area contributed by atoms with Crippen LogP contribution in [0, 0.1) is 0 Å². The molecule has 1 aliphatic rings. The molecule has 0 unspecified atom stereocenters. The van der Waals surface area contributed by atoms with Crippen LogP contribution in [-0.4, -0.2) is 61.6 Å². The van der Waals surface area contributed by atoms with Gasteiger partial charge in [-0.15, -0.1) is 0 Å². The first-order chi connectivity index (χ1) is 6.79. The van der Waals surface area contributed by atoms with Gasteiger partial charge in [0.05, 0.1) is 0 Å². The maximum atomic E-state index is 2.47. The van der Waals surface area contributed by atoms with Crippen molar-refractivity contribution in [2.45, 2.75) is 19.3 Å². The van der Waals surface area contributed by atoms with Crippen molar-refractivity contribution in [2.24, 2.45) is 0 Å². The average Bonchev–Trinajstić information content (AvgIpc) is 2.14. The fourth-order valence-electron chi connectivity index (χ4n) is 1.81. The van der Waals surface area contributed by atoms with Crippen molar-refractivity contribution in [3.05, 3.63) is 0 Å². The van der Waals surface area contributed by atoms with Crippen LogP contribution in [0.4, 0.5) is 0 Å². The Kier molecular flexibility index (Phi) is 6.65. The number of nitrogens with zero attached hydrogens (tertiary/aromatic N) is 2. The van der Waals surface area contributed by atoms with Crippen LogP contribution in [0.15, 0.2) is 0 Å². The molecule has 0 aliphatic carbocycles. The Morgan fingerprint density at radius 1 is 0.714 bits per heavy atom. The van der Waals surface area contributed by atoms with Gasteiger partial charge in [-0.3, -0.25) is 0 Å². The molecule has 0 amide bonds. The van der Waals surface area contributed by atoms with Gasteiger partial charge in [-0.1, -0.05) is 0 Å². The summed E-state index contributed by atoms with van der Waals surface area (Å²) in [6, 6.07) is 0. The second-order valence-corrected chi connectivity index (χ2v) is 5.50. The van der Waals surface area contributed by atoms with E-state index >= 15 is 0 Å². The molecule has 0 aromatic rings. The van der Waals surface area contributed by atoms with E-state index in [0.717, 1.165) is 0 Å². The number of rotatable bonds is 0. The molecule has 2 nitrogen and oxygen atoms in total. The van der Waals surface area contributed by atoms with E-state index in [1.807, 2.05) is 0 Å². The lowest BCUT2D eigenvalue weighted by atomic mass is 10.3. The van der Waals surface area contributed by atoms with Crippen LogP contribution in [0.5, 0.6) is 0 Å². The van der Waals surface area contributed by atoms with Gasteiger partial charge in [0.25, 0.3) is 0 Å². The van der Waals surface area contributed by atoms with Crippen LogP contribution in [0.25, 0.3) is 0 Å². The molecule has 0 saturated carbocycles. The maximum absolute atomic E-state index is 2.47. The molecular weight excluding hydrogens is 192 g/mol. The molecule has 0 aromatic carbocycles. The van der Waals surface area contributed by atoms with Crippen LogP contribution in [0.1, 0.15) is 19.3 Å². The average molecular weight is 216 g/mol. The zero-order chi connectivity index (χ0) is 10.2. The topological polar surface area (TPSA) is 6.48 Å². The number of hydrogen-bond donors (Lipinski definition) is 0. The molecule has 1 heterocycles. The van der Waals surface area contributed by atoms with E-state index in [0.29, 0.717) is 0 Å². The molecule has 1 saturated heterocycles. The Balaban J connectivity index is 2.21. The Bertz CT molecular complexity index is 127. The zero-order valence-electron chi connectivity index (χ0n) is 9.67. The van der Waals surface area contributed by atoms with Gasteiger partial charge < -0.3 is 9.80 Å². The quantitative estimate of drug-likeness (QED) is 0.609. The van der Waals surface area contributed by atoms with Crippen LogP contribution in [-0.2, 0) is 0 Å². The lowest BCUT2D eigenvalue weighted by Crippen LogP contribution is -2.28. The van der Waals surface area contributed by atoms with Crippen molar-refractivity contribution in [2.75, 3.05) is 51.8 Å². The summed E-state index contributed by atoms with van der Waals surface area (Å²) in [6.45, 7) is 5.07. The van der Waals surface area contributed by atoms with E-state index in [-0.39, 0.29) is 0 Å². The maximum Gasteiger partial charge on any atom is -0.000959 e.